The van der Waals surface area contributed by atoms with E-state index in [4.69, 9.17) is 5.11 Å². The molecule has 0 radical (unpaired) electrons. The Morgan fingerprint density at radius 2 is 2.00 bits per heavy atom. The third kappa shape index (κ3) is 4.07. The maximum absolute atomic E-state index is 12.2. The Kier molecular flexibility index (Phi) is 5.60. The monoisotopic (exact) mass is 275 g/mol. The van der Waals surface area contributed by atoms with Gasteiger partial charge in [0.05, 0.1) is 0 Å². The number of carbonyl (C=O) groups is 1. The summed E-state index contributed by atoms with van der Waals surface area (Å²) in [5, 5.41) is 8.94. The number of aliphatic hydroxyl groups excluding tert-OH is 1. The molecule has 0 spiro atoms. The zero-order valence-electron chi connectivity index (χ0n) is 12.3. The largest absolute Gasteiger partial charge is 0.396 e. The minimum atomic E-state index is 0.233. The Hall–Kier alpha value is -1.35. The molecule has 0 unspecified atom stereocenters. The first-order chi connectivity index (χ1) is 9.72. The van der Waals surface area contributed by atoms with Gasteiger partial charge in [-0.3, -0.25) is 4.79 Å². The second-order valence-corrected chi connectivity index (χ2v) is 5.68. The fraction of sp³-hybridized carbons (Fsp3) is 0.588. The first kappa shape index (κ1) is 15.0. The molecule has 1 aromatic rings. The van der Waals surface area contributed by atoms with Crippen LogP contribution in [0.25, 0.3) is 0 Å². The van der Waals surface area contributed by atoms with Gasteiger partial charge in [0.2, 0.25) is 5.91 Å². The van der Waals surface area contributed by atoms with Crippen LogP contribution < -0.4 is 0 Å². The minimum Gasteiger partial charge on any atom is -0.396 e. The summed E-state index contributed by atoms with van der Waals surface area (Å²) in [5.74, 6) is 0.748. The number of hydrogen-bond acceptors (Lipinski definition) is 2. The van der Waals surface area contributed by atoms with Crippen LogP contribution in [0, 0.1) is 5.92 Å². The lowest BCUT2D eigenvalue weighted by Crippen LogP contribution is -2.29. The SMILES string of the molecule is CCc1ccc(CCC(=O)N2CC[C@H](CCO)C2)cc1. The normalized spacial score (nSPS) is 18.5. The van der Waals surface area contributed by atoms with E-state index in [1.54, 1.807) is 0 Å². The standard InChI is InChI=1S/C17H25NO2/c1-2-14-3-5-15(6-4-14)7-8-17(20)18-11-9-16(13-18)10-12-19/h3-6,16,19H,2,7-13H2,1H3/t16-/m1/s1. The van der Waals surface area contributed by atoms with Gasteiger partial charge < -0.3 is 10.0 Å². The summed E-state index contributed by atoms with van der Waals surface area (Å²) in [4.78, 5) is 14.1. The molecule has 1 atom stereocenters. The van der Waals surface area contributed by atoms with E-state index in [1.165, 1.54) is 11.1 Å². The molecule has 1 N–H and O–H groups in total. The fourth-order valence-corrected chi connectivity index (χ4v) is 2.83. The van der Waals surface area contributed by atoms with Crippen molar-refractivity contribution in [2.45, 2.75) is 39.0 Å². The summed E-state index contributed by atoms with van der Waals surface area (Å²) < 4.78 is 0. The second kappa shape index (κ2) is 7.44. The van der Waals surface area contributed by atoms with Crippen molar-refractivity contribution in [1.82, 2.24) is 4.90 Å². The van der Waals surface area contributed by atoms with E-state index in [1.807, 2.05) is 4.90 Å². The van der Waals surface area contributed by atoms with Gasteiger partial charge in [-0.25, -0.2) is 0 Å². The quantitative estimate of drug-likeness (QED) is 0.866. The molecule has 2 rings (SSSR count). The Balaban J connectivity index is 1.77. The van der Waals surface area contributed by atoms with E-state index in [0.29, 0.717) is 12.3 Å². The van der Waals surface area contributed by atoms with Crippen molar-refractivity contribution in [3.8, 4) is 0 Å². The summed E-state index contributed by atoms with van der Waals surface area (Å²) in [5.41, 5.74) is 2.58. The molecule has 1 fully saturated rings. The highest BCUT2D eigenvalue weighted by atomic mass is 16.3. The van der Waals surface area contributed by atoms with Gasteiger partial charge in [-0.2, -0.15) is 0 Å². The summed E-state index contributed by atoms with van der Waals surface area (Å²) in [6, 6.07) is 8.55. The number of amides is 1. The van der Waals surface area contributed by atoms with Gasteiger partial charge in [0.25, 0.3) is 0 Å². The average molecular weight is 275 g/mol. The molecule has 0 saturated carbocycles. The number of carbonyl (C=O) groups excluding carboxylic acids is 1. The van der Waals surface area contributed by atoms with Crippen molar-refractivity contribution in [1.29, 1.82) is 0 Å². The van der Waals surface area contributed by atoms with E-state index in [0.717, 1.165) is 38.8 Å². The molecule has 110 valence electrons. The van der Waals surface area contributed by atoms with Crippen LogP contribution in [0.3, 0.4) is 0 Å². The summed E-state index contributed by atoms with van der Waals surface area (Å²) in [6.45, 7) is 4.07. The predicted octanol–water partition coefficient (Wildman–Crippen LogP) is 2.41. The Morgan fingerprint density at radius 1 is 1.30 bits per heavy atom. The van der Waals surface area contributed by atoms with E-state index in [-0.39, 0.29) is 12.5 Å². The Labute approximate surface area is 121 Å². The van der Waals surface area contributed by atoms with Gasteiger partial charge in [-0.05, 0) is 42.7 Å². The van der Waals surface area contributed by atoms with Gasteiger partial charge in [-0.15, -0.1) is 0 Å². The van der Waals surface area contributed by atoms with E-state index in [2.05, 4.69) is 31.2 Å². The maximum atomic E-state index is 12.2. The third-order valence-electron chi connectivity index (χ3n) is 4.23. The average Bonchev–Trinajstić information content (AvgIpc) is 2.94. The molecule has 1 saturated heterocycles. The zero-order valence-corrected chi connectivity index (χ0v) is 12.3. The summed E-state index contributed by atoms with van der Waals surface area (Å²) in [7, 11) is 0. The van der Waals surface area contributed by atoms with Crippen molar-refractivity contribution in [3.63, 3.8) is 0 Å². The summed E-state index contributed by atoms with van der Waals surface area (Å²) >= 11 is 0. The van der Waals surface area contributed by atoms with Crippen LogP contribution in [-0.4, -0.2) is 35.6 Å². The first-order valence-electron chi connectivity index (χ1n) is 7.69. The van der Waals surface area contributed by atoms with Crippen LogP contribution >= 0.6 is 0 Å². The molecule has 1 heterocycles. The first-order valence-corrected chi connectivity index (χ1v) is 7.69. The molecule has 20 heavy (non-hydrogen) atoms. The van der Waals surface area contributed by atoms with Gasteiger partial charge in [0.1, 0.15) is 0 Å². The predicted molar refractivity (Wildman–Crippen MR) is 80.5 cm³/mol. The third-order valence-corrected chi connectivity index (χ3v) is 4.23. The van der Waals surface area contributed by atoms with Crippen molar-refractivity contribution in [3.05, 3.63) is 35.4 Å². The number of benzene rings is 1. The van der Waals surface area contributed by atoms with Crippen LogP contribution in [0.4, 0.5) is 0 Å². The van der Waals surface area contributed by atoms with E-state index in [9.17, 15) is 4.79 Å². The molecule has 1 aliphatic heterocycles. The van der Waals surface area contributed by atoms with Gasteiger partial charge >= 0.3 is 0 Å². The summed E-state index contributed by atoms with van der Waals surface area (Å²) in [6.07, 6.45) is 4.33. The molecule has 1 aliphatic rings. The number of rotatable bonds is 6. The van der Waals surface area contributed by atoms with Crippen LogP contribution in [0.15, 0.2) is 24.3 Å². The number of hydrogen-bond donors (Lipinski definition) is 1. The molecule has 3 heteroatoms. The molecule has 1 aromatic carbocycles. The lowest BCUT2D eigenvalue weighted by molar-refractivity contribution is -0.130. The highest BCUT2D eigenvalue weighted by molar-refractivity contribution is 5.76. The number of aryl methyl sites for hydroxylation is 2. The van der Waals surface area contributed by atoms with Crippen LogP contribution in [0.2, 0.25) is 0 Å². The van der Waals surface area contributed by atoms with Crippen molar-refractivity contribution in [2.75, 3.05) is 19.7 Å². The highest BCUT2D eigenvalue weighted by Crippen LogP contribution is 2.20. The molecule has 0 aromatic heterocycles. The van der Waals surface area contributed by atoms with Crippen molar-refractivity contribution >= 4 is 5.91 Å². The van der Waals surface area contributed by atoms with E-state index < -0.39 is 0 Å². The maximum Gasteiger partial charge on any atom is 0.222 e. The van der Waals surface area contributed by atoms with Crippen molar-refractivity contribution in [2.24, 2.45) is 5.92 Å². The fourth-order valence-electron chi connectivity index (χ4n) is 2.83. The highest BCUT2D eigenvalue weighted by Gasteiger charge is 2.25. The smallest absolute Gasteiger partial charge is 0.222 e. The van der Waals surface area contributed by atoms with Crippen molar-refractivity contribution < 1.29 is 9.90 Å². The van der Waals surface area contributed by atoms with Crippen LogP contribution in [-0.2, 0) is 17.6 Å². The van der Waals surface area contributed by atoms with Gasteiger partial charge in [-0.1, -0.05) is 31.2 Å². The topological polar surface area (TPSA) is 40.5 Å². The number of likely N-dealkylation sites (tertiary alicyclic amines) is 1. The van der Waals surface area contributed by atoms with Crippen LogP contribution in [0.1, 0.15) is 37.3 Å². The minimum absolute atomic E-state index is 0.233. The lowest BCUT2D eigenvalue weighted by Gasteiger charge is -2.16. The van der Waals surface area contributed by atoms with Gasteiger partial charge in [0, 0.05) is 26.1 Å². The molecule has 1 amide bonds. The zero-order chi connectivity index (χ0) is 14.4. The molecule has 0 aliphatic carbocycles. The Bertz CT molecular complexity index is 427. The number of aliphatic hydroxyl groups is 1. The lowest BCUT2D eigenvalue weighted by atomic mass is 10.1. The molecule has 3 nitrogen and oxygen atoms in total. The Morgan fingerprint density at radius 3 is 2.65 bits per heavy atom. The molecular weight excluding hydrogens is 250 g/mol. The van der Waals surface area contributed by atoms with Crippen LogP contribution in [0.5, 0.6) is 0 Å². The molecule has 0 bridgehead atoms. The number of nitrogens with zero attached hydrogens (tertiary/aromatic N) is 1. The van der Waals surface area contributed by atoms with Gasteiger partial charge in [0.15, 0.2) is 0 Å². The van der Waals surface area contributed by atoms with E-state index >= 15 is 0 Å². The second-order valence-electron chi connectivity index (χ2n) is 5.68. The molecular formula is C17H25NO2.